The molecule has 2 heterocycles. The SMILES string of the molecule is O=C(O)c1ccc(C(=O)NCC2COCCO2)o1. The zero-order valence-corrected chi connectivity index (χ0v) is 9.55. The van der Waals surface area contributed by atoms with Crippen molar-refractivity contribution >= 4 is 11.9 Å². The monoisotopic (exact) mass is 255 g/mol. The maximum absolute atomic E-state index is 11.6. The van der Waals surface area contributed by atoms with Gasteiger partial charge in [-0.2, -0.15) is 0 Å². The van der Waals surface area contributed by atoms with E-state index in [-0.39, 0.29) is 17.6 Å². The zero-order chi connectivity index (χ0) is 13.0. The molecule has 1 aliphatic rings. The molecule has 1 aromatic heterocycles. The van der Waals surface area contributed by atoms with Gasteiger partial charge in [0.15, 0.2) is 5.76 Å². The quantitative estimate of drug-likeness (QED) is 0.793. The molecule has 1 amide bonds. The normalized spacial score (nSPS) is 19.4. The predicted octanol–water partition coefficient (Wildman–Crippen LogP) is 0.123. The molecule has 1 atom stereocenters. The second-order valence-electron chi connectivity index (χ2n) is 3.75. The summed E-state index contributed by atoms with van der Waals surface area (Å²) in [6.45, 7) is 1.79. The number of carbonyl (C=O) groups excluding carboxylic acids is 1. The van der Waals surface area contributed by atoms with Crippen LogP contribution in [0.25, 0.3) is 0 Å². The number of hydrogen-bond acceptors (Lipinski definition) is 5. The Balaban J connectivity index is 1.84. The molecule has 0 bridgehead atoms. The summed E-state index contributed by atoms with van der Waals surface area (Å²) in [7, 11) is 0. The minimum absolute atomic E-state index is 0.0378. The number of nitrogens with one attached hydrogen (secondary N) is 1. The first-order valence-electron chi connectivity index (χ1n) is 5.47. The van der Waals surface area contributed by atoms with Crippen LogP contribution >= 0.6 is 0 Å². The number of amides is 1. The van der Waals surface area contributed by atoms with Gasteiger partial charge in [-0.05, 0) is 12.1 Å². The molecule has 2 N–H and O–H groups in total. The summed E-state index contributed by atoms with van der Waals surface area (Å²) >= 11 is 0. The van der Waals surface area contributed by atoms with Crippen molar-refractivity contribution in [2.75, 3.05) is 26.4 Å². The van der Waals surface area contributed by atoms with Crippen molar-refractivity contribution in [1.82, 2.24) is 5.32 Å². The Labute approximate surface area is 103 Å². The van der Waals surface area contributed by atoms with Crippen molar-refractivity contribution in [1.29, 1.82) is 0 Å². The van der Waals surface area contributed by atoms with Crippen molar-refractivity contribution in [2.24, 2.45) is 0 Å². The Morgan fingerprint density at radius 2 is 2.11 bits per heavy atom. The predicted molar refractivity (Wildman–Crippen MR) is 58.6 cm³/mol. The van der Waals surface area contributed by atoms with Gasteiger partial charge >= 0.3 is 5.97 Å². The third kappa shape index (κ3) is 3.08. The molecular weight excluding hydrogens is 242 g/mol. The van der Waals surface area contributed by atoms with Crippen molar-refractivity contribution < 1.29 is 28.6 Å². The number of hydrogen-bond donors (Lipinski definition) is 2. The van der Waals surface area contributed by atoms with E-state index >= 15 is 0 Å². The lowest BCUT2D eigenvalue weighted by atomic mass is 10.3. The van der Waals surface area contributed by atoms with E-state index in [1.807, 2.05) is 0 Å². The van der Waals surface area contributed by atoms with Gasteiger partial charge in [0.05, 0.1) is 25.9 Å². The number of carboxylic acid groups (broad SMARTS) is 1. The van der Waals surface area contributed by atoms with Crippen LogP contribution in [0.1, 0.15) is 21.1 Å². The minimum Gasteiger partial charge on any atom is -0.475 e. The molecule has 98 valence electrons. The number of carbonyl (C=O) groups is 2. The third-order valence-electron chi connectivity index (χ3n) is 2.42. The van der Waals surface area contributed by atoms with Crippen molar-refractivity contribution in [3.05, 3.63) is 23.7 Å². The van der Waals surface area contributed by atoms with Gasteiger partial charge in [-0.3, -0.25) is 4.79 Å². The Morgan fingerprint density at radius 3 is 2.72 bits per heavy atom. The fraction of sp³-hybridized carbons (Fsp3) is 0.455. The number of rotatable bonds is 4. The van der Waals surface area contributed by atoms with Gasteiger partial charge in [0.25, 0.3) is 5.91 Å². The molecule has 0 radical (unpaired) electrons. The first-order chi connectivity index (χ1) is 8.66. The smallest absolute Gasteiger partial charge is 0.371 e. The molecule has 2 rings (SSSR count). The van der Waals surface area contributed by atoms with Crippen LogP contribution in [0.15, 0.2) is 16.5 Å². The second kappa shape index (κ2) is 5.65. The van der Waals surface area contributed by atoms with Crippen molar-refractivity contribution in [3.63, 3.8) is 0 Å². The fourth-order valence-corrected chi connectivity index (χ4v) is 1.52. The standard InChI is InChI=1S/C11H13NO6/c13-10(8-1-2-9(18-8)11(14)15)12-5-7-6-16-3-4-17-7/h1-2,7H,3-6H2,(H,12,13)(H,14,15). The molecule has 0 aliphatic carbocycles. The number of aromatic carboxylic acids is 1. The van der Waals surface area contributed by atoms with Crippen LogP contribution in [0.4, 0.5) is 0 Å². The van der Waals surface area contributed by atoms with Crippen LogP contribution in [-0.2, 0) is 9.47 Å². The molecule has 18 heavy (non-hydrogen) atoms. The Kier molecular flexibility index (Phi) is 3.96. The molecule has 0 aromatic carbocycles. The van der Waals surface area contributed by atoms with E-state index in [2.05, 4.69) is 5.32 Å². The van der Waals surface area contributed by atoms with Gasteiger partial charge in [0, 0.05) is 6.54 Å². The van der Waals surface area contributed by atoms with Gasteiger partial charge in [-0.1, -0.05) is 0 Å². The van der Waals surface area contributed by atoms with Gasteiger partial charge in [0.2, 0.25) is 5.76 Å². The van der Waals surface area contributed by atoms with E-state index in [1.54, 1.807) is 0 Å². The van der Waals surface area contributed by atoms with Gasteiger partial charge in [-0.25, -0.2) is 4.79 Å². The average Bonchev–Trinajstić information content (AvgIpc) is 2.87. The maximum Gasteiger partial charge on any atom is 0.371 e. The summed E-state index contributed by atoms with van der Waals surface area (Å²) < 4.78 is 15.4. The molecule has 1 saturated heterocycles. The summed E-state index contributed by atoms with van der Waals surface area (Å²) in [5.74, 6) is -1.99. The van der Waals surface area contributed by atoms with Crippen LogP contribution in [0, 0.1) is 0 Å². The van der Waals surface area contributed by atoms with Crippen LogP contribution in [0.2, 0.25) is 0 Å². The van der Waals surface area contributed by atoms with Gasteiger partial charge in [0.1, 0.15) is 0 Å². The van der Waals surface area contributed by atoms with E-state index in [4.69, 9.17) is 19.0 Å². The molecule has 1 aliphatic heterocycles. The van der Waals surface area contributed by atoms with Crippen LogP contribution in [0.3, 0.4) is 0 Å². The summed E-state index contributed by atoms with van der Waals surface area (Å²) in [4.78, 5) is 22.2. The molecule has 0 spiro atoms. The van der Waals surface area contributed by atoms with Gasteiger partial charge < -0.3 is 24.3 Å². The summed E-state index contributed by atoms with van der Waals surface area (Å²) in [6.07, 6.45) is -0.184. The van der Waals surface area contributed by atoms with E-state index in [0.717, 1.165) is 0 Å². The summed E-state index contributed by atoms with van der Waals surface area (Å²) in [6, 6.07) is 2.55. The number of furan rings is 1. The topological polar surface area (TPSA) is 98.0 Å². The Morgan fingerprint density at radius 1 is 1.33 bits per heavy atom. The number of carboxylic acids is 1. The maximum atomic E-state index is 11.6. The summed E-state index contributed by atoms with van der Waals surface area (Å²) in [5.41, 5.74) is 0. The lowest BCUT2D eigenvalue weighted by Gasteiger charge is -2.22. The third-order valence-corrected chi connectivity index (χ3v) is 2.42. The van der Waals surface area contributed by atoms with Gasteiger partial charge in [-0.15, -0.1) is 0 Å². The molecule has 7 heteroatoms. The molecule has 7 nitrogen and oxygen atoms in total. The molecule has 1 unspecified atom stereocenters. The first kappa shape index (κ1) is 12.6. The first-order valence-corrected chi connectivity index (χ1v) is 5.47. The minimum atomic E-state index is -1.21. The van der Waals surface area contributed by atoms with Crippen LogP contribution < -0.4 is 5.32 Å². The highest BCUT2D eigenvalue weighted by atomic mass is 16.6. The van der Waals surface area contributed by atoms with E-state index in [9.17, 15) is 9.59 Å². The Hall–Kier alpha value is -1.86. The highest BCUT2D eigenvalue weighted by Crippen LogP contribution is 2.08. The lowest BCUT2D eigenvalue weighted by molar-refractivity contribution is -0.0856. The molecule has 1 fully saturated rings. The molecule has 1 aromatic rings. The van der Waals surface area contributed by atoms with E-state index in [0.29, 0.717) is 26.4 Å². The molecule has 0 saturated carbocycles. The van der Waals surface area contributed by atoms with E-state index < -0.39 is 11.9 Å². The highest BCUT2D eigenvalue weighted by molar-refractivity contribution is 5.93. The van der Waals surface area contributed by atoms with E-state index in [1.165, 1.54) is 12.1 Å². The second-order valence-corrected chi connectivity index (χ2v) is 3.75. The summed E-state index contributed by atoms with van der Waals surface area (Å²) in [5, 5.41) is 11.2. The fourth-order valence-electron chi connectivity index (χ4n) is 1.52. The highest BCUT2D eigenvalue weighted by Gasteiger charge is 2.18. The lowest BCUT2D eigenvalue weighted by Crippen LogP contribution is -2.39. The van der Waals surface area contributed by atoms with Crippen LogP contribution in [0.5, 0.6) is 0 Å². The molecular formula is C11H13NO6. The number of ether oxygens (including phenoxy) is 2. The van der Waals surface area contributed by atoms with Crippen molar-refractivity contribution in [2.45, 2.75) is 6.10 Å². The zero-order valence-electron chi connectivity index (χ0n) is 9.55. The average molecular weight is 255 g/mol. The largest absolute Gasteiger partial charge is 0.475 e. The Bertz CT molecular complexity index is 434. The van der Waals surface area contributed by atoms with Crippen LogP contribution in [-0.4, -0.2) is 49.5 Å². The van der Waals surface area contributed by atoms with Crippen molar-refractivity contribution in [3.8, 4) is 0 Å².